The minimum atomic E-state index is -5.17. The van der Waals surface area contributed by atoms with Crippen LogP contribution in [0.5, 0.6) is 5.88 Å². The van der Waals surface area contributed by atoms with Crippen LogP contribution in [0.15, 0.2) is 6.20 Å². The van der Waals surface area contributed by atoms with Crippen molar-refractivity contribution in [1.82, 2.24) is 4.98 Å². The Balaban J connectivity index is 3.28. The van der Waals surface area contributed by atoms with Gasteiger partial charge in [0.05, 0.1) is 10.5 Å². The lowest BCUT2D eigenvalue weighted by molar-refractivity contribution is -0.388. The molecule has 0 saturated carbocycles. The minimum absolute atomic E-state index is 0.125. The number of hydrogen-bond acceptors (Lipinski definition) is 4. The number of aromatic nitrogens is 1. The van der Waals surface area contributed by atoms with Gasteiger partial charge in [0.15, 0.2) is 0 Å². The van der Waals surface area contributed by atoms with E-state index in [0.29, 0.717) is 0 Å². The molecule has 0 saturated heterocycles. The molecule has 1 aromatic rings. The summed E-state index contributed by atoms with van der Waals surface area (Å²) < 4.78 is 52.1. The van der Waals surface area contributed by atoms with E-state index >= 15 is 0 Å². The summed E-state index contributed by atoms with van der Waals surface area (Å²) in [7, 11) is 0. The highest BCUT2D eigenvalue weighted by Crippen LogP contribution is 2.32. The lowest BCUT2D eigenvalue weighted by Gasteiger charge is -2.09. The highest BCUT2D eigenvalue weighted by atomic mass is 79.9. The summed E-state index contributed by atoms with van der Waals surface area (Å²) in [4.78, 5) is 12.4. The average molecular weight is 319 g/mol. The van der Waals surface area contributed by atoms with Gasteiger partial charge in [0, 0.05) is 11.5 Å². The van der Waals surface area contributed by atoms with E-state index in [4.69, 9.17) is 0 Å². The van der Waals surface area contributed by atoms with Crippen molar-refractivity contribution in [2.75, 3.05) is 0 Å². The maximum atomic E-state index is 13.4. The van der Waals surface area contributed by atoms with Crippen LogP contribution < -0.4 is 4.74 Å². The predicted octanol–water partition coefficient (Wildman–Crippen LogP) is 2.92. The summed E-state index contributed by atoms with van der Waals surface area (Å²) in [6, 6.07) is 0. The van der Waals surface area contributed by atoms with Crippen LogP contribution in [0.4, 0.5) is 23.2 Å². The summed E-state index contributed by atoms with van der Waals surface area (Å²) in [5, 5.41) is 10.4. The van der Waals surface area contributed by atoms with Crippen LogP contribution >= 0.6 is 15.9 Å². The predicted molar refractivity (Wildman–Crippen MR) is 50.2 cm³/mol. The molecule has 0 spiro atoms. The SMILES string of the molecule is O=[N+]([O-])c1c(CBr)cnc(OC(F)(F)F)c1F. The Morgan fingerprint density at radius 1 is 1.53 bits per heavy atom. The number of hydrogen-bond donors (Lipinski definition) is 0. The molecule has 0 radical (unpaired) electrons. The van der Waals surface area contributed by atoms with Crippen molar-refractivity contribution in [1.29, 1.82) is 0 Å². The molecule has 0 aliphatic heterocycles. The van der Waals surface area contributed by atoms with Gasteiger partial charge in [-0.15, -0.1) is 13.2 Å². The summed E-state index contributed by atoms with van der Waals surface area (Å²) in [6.07, 6.45) is -4.44. The Labute approximate surface area is 99.7 Å². The fourth-order valence-corrected chi connectivity index (χ4v) is 1.38. The van der Waals surface area contributed by atoms with Crippen molar-refractivity contribution in [2.24, 2.45) is 0 Å². The molecule has 0 bridgehead atoms. The van der Waals surface area contributed by atoms with Crippen LogP contribution in [0.3, 0.4) is 0 Å². The molecular weight excluding hydrogens is 316 g/mol. The fraction of sp³-hybridized carbons (Fsp3) is 0.286. The largest absolute Gasteiger partial charge is 0.574 e. The van der Waals surface area contributed by atoms with E-state index in [1.54, 1.807) is 0 Å². The van der Waals surface area contributed by atoms with Crippen LogP contribution in [0.1, 0.15) is 5.56 Å². The number of ether oxygens (including phenoxy) is 1. The highest BCUT2D eigenvalue weighted by Gasteiger charge is 2.36. The molecule has 0 aromatic carbocycles. The number of halogens is 5. The molecule has 17 heavy (non-hydrogen) atoms. The quantitative estimate of drug-likeness (QED) is 0.372. The normalized spacial score (nSPS) is 11.4. The van der Waals surface area contributed by atoms with E-state index in [-0.39, 0.29) is 10.9 Å². The van der Waals surface area contributed by atoms with Crippen LogP contribution in [-0.2, 0) is 5.33 Å². The lowest BCUT2D eigenvalue weighted by atomic mass is 10.2. The Morgan fingerprint density at radius 3 is 2.53 bits per heavy atom. The van der Waals surface area contributed by atoms with E-state index in [0.717, 1.165) is 6.20 Å². The average Bonchev–Trinajstić information content (AvgIpc) is 2.18. The van der Waals surface area contributed by atoms with Crippen molar-refractivity contribution in [3.8, 4) is 5.88 Å². The van der Waals surface area contributed by atoms with Gasteiger partial charge < -0.3 is 4.74 Å². The molecule has 1 rings (SSSR count). The maximum absolute atomic E-state index is 13.4. The van der Waals surface area contributed by atoms with Crippen molar-refractivity contribution in [3.05, 3.63) is 27.7 Å². The zero-order valence-corrected chi connectivity index (χ0v) is 9.38. The second-order valence-corrected chi connectivity index (χ2v) is 3.25. The second-order valence-electron chi connectivity index (χ2n) is 2.69. The molecule has 0 aliphatic carbocycles. The van der Waals surface area contributed by atoms with E-state index in [2.05, 4.69) is 25.7 Å². The first-order valence-electron chi connectivity index (χ1n) is 3.89. The number of nitro groups is 1. The smallest absolute Gasteiger partial charge is 0.384 e. The molecule has 5 nitrogen and oxygen atoms in total. The fourth-order valence-electron chi connectivity index (χ4n) is 0.973. The van der Waals surface area contributed by atoms with E-state index in [1.807, 2.05) is 0 Å². The van der Waals surface area contributed by atoms with Gasteiger partial charge in [-0.25, -0.2) is 4.98 Å². The number of alkyl halides is 4. The Kier molecular flexibility index (Phi) is 3.86. The van der Waals surface area contributed by atoms with E-state index in [1.165, 1.54) is 0 Å². The van der Waals surface area contributed by atoms with Gasteiger partial charge in [0.25, 0.3) is 11.7 Å². The summed E-state index contributed by atoms with van der Waals surface area (Å²) in [6.45, 7) is 0. The first kappa shape index (κ1) is 13.6. The van der Waals surface area contributed by atoms with Gasteiger partial charge in [-0.1, -0.05) is 15.9 Å². The topological polar surface area (TPSA) is 65.3 Å². The van der Waals surface area contributed by atoms with Crippen molar-refractivity contribution < 1.29 is 27.2 Å². The lowest BCUT2D eigenvalue weighted by Crippen LogP contribution is -2.19. The summed E-state index contributed by atoms with van der Waals surface area (Å²) >= 11 is 2.82. The first-order valence-corrected chi connectivity index (χ1v) is 5.02. The molecule has 0 unspecified atom stereocenters. The Hall–Kier alpha value is -1.45. The maximum Gasteiger partial charge on any atom is 0.574 e. The molecule has 10 heteroatoms. The van der Waals surface area contributed by atoms with Gasteiger partial charge in [0.2, 0.25) is 0 Å². The summed E-state index contributed by atoms with van der Waals surface area (Å²) in [5.74, 6) is -3.24. The zero-order valence-electron chi connectivity index (χ0n) is 7.79. The van der Waals surface area contributed by atoms with E-state index in [9.17, 15) is 27.7 Å². The molecule has 1 heterocycles. The van der Waals surface area contributed by atoms with Crippen LogP contribution in [-0.4, -0.2) is 16.3 Å². The molecule has 0 atom stereocenters. The Bertz CT molecular complexity index is 451. The second kappa shape index (κ2) is 4.82. The molecular formula is C7H3BrF4N2O3. The first-order chi connectivity index (χ1) is 7.76. The van der Waals surface area contributed by atoms with Gasteiger partial charge >= 0.3 is 12.0 Å². The highest BCUT2D eigenvalue weighted by molar-refractivity contribution is 9.08. The van der Waals surface area contributed by atoms with Crippen molar-refractivity contribution in [2.45, 2.75) is 11.7 Å². The molecule has 0 aliphatic rings. The number of nitrogens with zero attached hydrogens (tertiary/aromatic N) is 2. The van der Waals surface area contributed by atoms with Crippen molar-refractivity contribution in [3.63, 3.8) is 0 Å². The minimum Gasteiger partial charge on any atom is -0.384 e. The Morgan fingerprint density at radius 2 is 2.12 bits per heavy atom. The number of rotatable bonds is 3. The zero-order chi connectivity index (χ0) is 13.2. The van der Waals surface area contributed by atoms with Crippen LogP contribution in [0, 0.1) is 15.9 Å². The molecule has 94 valence electrons. The van der Waals surface area contributed by atoms with Gasteiger partial charge in [-0.2, -0.15) is 4.39 Å². The van der Waals surface area contributed by atoms with Gasteiger partial charge in [-0.3, -0.25) is 10.1 Å². The standard InChI is InChI=1S/C7H3BrF4N2O3/c8-1-3-2-13-6(17-7(10,11)12)4(9)5(3)14(15)16/h2H,1H2. The third-order valence-electron chi connectivity index (χ3n) is 1.58. The van der Waals surface area contributed by atoms with Crippen LogP contribution in [0.25, 0.3) is 0 Å². The molecule has 0 fully saturated rings. The van der Waals surface area contributed by atoms with E-state index < -0.39 is 28.7 Å². The van der Waals surface area contributed by atoms with Crippen LogP contribution in [0.2, 0.25) is 0 Å². The third-order valence-corrected chi connectivity index (χ3v) is 2.18. The third kappa shape index (κ3) is 3.25. The molecule has 1 aromatic heterocycles. The summed E-state index contributed by atoms with van der Waals surface area (Å²) in [5.41, 5.74) is -1.29. The van der Waals surface area contributed by atoms with Gasteiger partial charge in [0.1, 0.15) is 0 Å². The monoisotopic (exact) mass is 318 g/mol. The molecule has 0 N–H and O–H groups in total. The number of pyridine rings is 1. The van der Waals surface area contributed by atoms with Gasteiger partial charge in [-0.05, 0) is 0 Å². The van der Waals surface area contributed by atoms with Crippen molar-refractivity contribution >= 4 is 21.6 Å². The molecule has 0 amide bonds.